The zero-order valence-electron chi connectivity index (χ0n) is 14.5. The molecule has 2 aromatic rings. The van der Waals surface area contributed by atoms with Crippen molar-refractivity contribution >= 4 is 23.1 Å². The van der Waals surface area contributed by atoms with E-state index in [4.69, 9.17) is 0 Å². The van der Waals surface area contributed by atoms with Crippen LogP contribution in [0.5, 0.6) is 0 Å². The highest BCUT2D eigenvalue weighted by atomic mass is 32.1. The first-order chi connectivity index (χ1) is 12.0. The van der Waals surface area contributed by atoms with E-state index in [0.717, 1.165) is 30.2 Å². The number of nitrogens with zero attached hydrogens (tertiary/aromatic N) is 3. The Morgan fingerprint density at radius 1 is 1.48 bits per heavy atom. The Kier molecular flexibility index (Phi) is 5.53. The fourth-order valence-electron chi connectivity index (χ4n) is 3.09. The number of para-hydroxylation sites is 1. The van der Waals surface area contributed by atoms with Crippen LogP contribution in [0.15, 0.2) is 29.6 Å². The quantitative estimate of drug-likeness (QED) is 0.888. The molecule has 1 aliphatic rings. The van der Waals surface area contributed by atoms with Gasteiger partial charge in [0.2, 0.25) is 0 Å². The lowest BCUT2D eigenvalue weighted by atomic mass is 10.1. The largest absolute Gasteiger partial charge is 0.369 e. The number of carbonyl (C=O) groups is 1. The number of nitrogens with one attached hydrogen (secondary N) is 1. The number of benzene rings is 1. The summed E-state index contributed by atoms with van der Waals surface area (Å²) in [5.74, 6) is 0.143. The Hall–Kier alpha value is -2.15. The molecule has 1 fully saturated rings. The van der Waals surface area contributed by atoms with E-state index in [1.165, 1.54) is 6.07 Å². The summed E-state index contributed by atoms with van der Waals surface area (Å²) in [6, 6.07) is 6.74. The Bertz CT molecular complexity index is 735. The van der Waals surface area contributed by atoms with Crippen LogP contribution in [0.3, 0.4) is 0 Å². The van der Waals surface area contributed by atoms with E-state index in [1.54, 1.807) is 35.4 Å². The molecule has 1 aromatic heterocycles. The van der Waals surface area contributed by atoms with Crippen LogP contribution in [-0.4, -0.2) is 42.6 Å². The van der Waals surface area contributed by atoms with Gasteiger partial charge in [-0.15, -0.1) is 11.3 Å². The lowest BCUT2D eigenvalue weighted by Crippen LogP contribution is -2.39. The van der Waals surface area contributed by atoms with Crippen molar-refractivity contribution in [1.29, 1.82) is 0 Å². The summed E-state index contributed by atoms with van der Waals surface area (Å²) >= 11 is 1.59. The minimum absolute atomic E-state index is 0.102. The van der Waals surface area contributed by atoms with Gasteiger partial charge >= 0.3 is 6.03 Å². The number of aromatic nitrogens is 1. The van der Waals surface area contributed by atoms with Crippen molar-refractivity contribution in [2.24, 2.45) is 5.92 Å². The first kappa shape index (κ1) is 17.7. The third kappa shape index (κ3) is 4.48. The molecule has 134 valence electrons. The second kappa shape index (κ2) is 7.82. The summed E-state index contributed by atoms with van der Waals surface area (Å²) in [5.41, 5.74) is 1.55. The predicted molar refractivity (Wildman–Crippen MR) is 98.4 cm³/mol. The maximum absolute atomic E-state index is 13.9. The van der Waals surface area contributed by atoms with Crippen LogP contribution in [0, 0.1) is 18.7 Å². The van der Waals surface area contributed by atoms with Gasteiger partial charge in [0.25, 0.3) is 0 Å². The number of rotatable bonds is 5. The number of halogens is 1. The molecule has 1 atom stereocenters. The number of hydrogen-bond acceptors (Lipinski definition) is 4. The molecule has 1 aliphatic heterocycles. The van der Waals surface area contributed by atoms with Gasteiger partial charge in [0.15, 0.2) is 0 Å². The zero-order chi connectivity index (χ0) is 17.8. The minimum atomic E-state index is -0.189. The monoisotopic (exact) mass is 362 g/mol. The van der Waals surface area contributed by atoms with Gasteiger partial charge in [-0.05, 0) is 31.4 Å². The third-order valence-electron chi connectivity index (χ3n) is 4.43. The molecule has 7 heteroatoms. The molecule has 1 N–H and O–H groups in total. The normalized spacial score (nSPS) is 16.9. The molecule has 2 amide bonds. The maximum atomic E-state index is 13.9. The highest BCUT2D eigenvalue weighted by Crippen LogP contribution is 2.25. The van der Waals surface area contributed by atoms with Gasteiger partial charge in [-0.25, -0.2) is 14.2 Å². The molecule has 25 heavy (non-hydrogen) atoms. The van der Waals surface area contributed by atoms with Crippen LogP contribution in [0.25, 0.3) is 0 Å². The fourth-order valence-corrected chi connectivity index (χ4v) is 3.69. The SMILES string of the molecule is Cc1nc(CN(C)C(=O)NCC2CCN(c3ccccc3F)C2)cs1. The zero-order valence-corrected chi connectivity index (χ0v) is 15.4. The van der Waals surface area contributed by atoms with Crippen molar-refractivity contribution in [3.8, 4) is 0 Å². The Labute approximate surface area is 151 Å². The molecule has 1 unspecified atom stereocenters. The molecule has 0 spiro atoms. The van der Waals surface area contributed by atoms with Crippen molar-refractivity contribution in [1.82, 2.24) is 15.2 Å². The van der Waals surface area contributed by atoms with E-state index in [9.17, 15) is 9.18 Å². The summed E-state index contributed by atoms with van der Waals surface area (Å²) in [6.07, 6.45) is 0.948. The van der Waals surface area contributed by atoms with Gasteiger partial charge in [0.05, 0.1) is 22.9 Å². The number of thiazole rings is 1. The second-order valence-electron chi connectivity index (χ2n) is 6.45. The molecular formula is C18H23FN4OS. The van der Waals surface area contributed by atoms with E-state index in [0.29, 0.717) is 24.7 Å². The highest BCUT2D eigenvalue weighted by molar-refractivity contribution is 7.09. The average Bonchev–Trinajstić information content (AvgIpc) is 3.22. The molecule has 2 heterocycles. The van der Waals surface area contributed by atoms with Gasteiger partial charge in [-0.1, -0.05) is 12.1 Å². The number of hydrogen-bond donors (Lipinski definition) is 1. The summed E-state index contributed by atoms with van der Waals surface area (Å²) in [4.78, 5) is 20.3. The number of carbonyl (C=O) groups excluding carboxylic acids is 1. The number of anilines is 1. The van der Waals surface area contributed by atoms with E-state index >= 15 is 0 Å². The first-order valence-electron chi connectivity index (χ1n) is 8.42. The molecule has 0 saturated carbocycles. The molecule has 3 rings (SSSR count). The summed E-state index contributed by atoms with van der Waals surface area (Å²) in [7, 11) is 1.77. The van der Waals surface area contributed by atoms with Gasteiger partial charge in [0, 0.05) is 32.1 Å². The molecule has 0 bridgehead atoms. The van der Waals surface area contributed by atoms with Gasteiger partial charge in [-0.2, -0.15) is 0 Å². The fraction of sp³-hybridized carbons (Fsp3) is 0.444. The van der Waals surface area contributed by atoms with Crippen molar-refractivity contribution < 1.29 is 9.18 Å². The average molecular weight is 362 g/mol. The van der Waals surface area contributed by atoms with E-state index in [1.807, 2.05) is 23.3 Å². The van der Waals surface area contributed by atoms with Crippen LogP contribution in [0.2, 0.25) is 0 Å². The van der Waals surface area contributed by atoms with Crippen LogP contribution >= 0.6 is 11.3 Å². The number of urea groups is 1. The standard InChI is InChI=1S/C18H23FN4OS/c1-13-21-15(12-25-13)11-22(2)18(24)20-9-14-7-8-23(10-14)17-6-4-3-5-16(17)19/h3-6,12,14H,7-11H2,1-2H3,(H,20,24). The minimum Gasteiger partial charge on any atom is -0.369 e. The van der Waals surface area contributed by atoms with Crippen LogP contribution in [0.1, 0.15) is 17.1 Å². The summed E-state index contributed by atoms with van der Waals surface area (Å²) < 4.78 is 13.9. The predicted octanol–water partition coefficient (Wildman–Crippen LogP) is 3.26. The van der Waals surface area contributed by atoms with E-state index in [2.05, 4.69) is 10.3 Å². The Morgan fingerprint density at radius 2 is 2.28 bits per heavy atom. The Balaban J connectivity index is 1.46. The summed E-state index contributed by atoms with van der Waals surface area (Å²) in [5, 5.41) is 5.96. The van der Waals surface area contributed by atoms with Gasteiger partial charge in [-0.3, -0.25) is 0 Å². The van der Waals surface area contributed by atoms with Crippen molar-refractivity contribution in [3.63, 3.8) is 0 Å². The first-order valence-corrected chi connectivity index (χ1v) is 9.30. The molecule has 1 saturated heterocycles. The maximum Gasteiger partial charge on any atom is 0.317 e. The molecule has 0 aliphatic carbocycles. The molecular weight excluding hydrogens is 339 g/mol. The third-order valence-corrected chi connectivity index (χ3v) is 5.26. The molecule has 0 radical (unpaired) electrons. The van der Waals surface area contributed by atoms with E-state index < -0.39 is 0 Å². The lowest BCUT2D eigenvalue weighted by Gasteiger charge is -2.21. The summed E-state index contributed by atoms with van der Waals surface area (Å²) in [6.45, 7) is 4.63. The molecule has 5 nitrogen and oxygen atoms in total. The van der Waals surface area contributed by atoms with E-state index in [-0.39, 0.29) is 11.8 Å². The second-order valence-corrected chi connectivity index (χ2v) is 7.51. The lowest BCUT2D eigenvalue weighted by molar-refractivity contribution is 0.205. The van der Waals surface area contributed by atoms with Gasteiger partial charge < -0.3 is 15.1 Å². The smallest absolute Gasteiger partial charge is 0.317 e. The van der Waals surface area contributed by atoms with Crippen LogP contribution < -0.4 is 10.2 Å². The Morgan fingerprint density at radius 3 is 3.00 bits per heavy atom. The van der Waals surface area contributed by atoms with Crippen molar-refractivity contribution in [2.75, 3.05) is 31.6 Å². The van der Waals surface area contributed by atoms with Crippen molar-refractivity contribution in [3.05, 3.63) is 46.2 Å². The number of aryl methyl sites for hydroxylation is 1. The molecule has 1 aromatic carbocycles. The number of amides is 2. The van der Waals surface area contributed by atoms with Gasteiger partial charge in [0.1, 0.15) is 5.82 Å². The van der Waals surface area contributed by atoms with Crippen LogP contribution in [0.4, 0.5) is 14.9 Å². The van der Waals surface area contributed by atoms with Crippen molar-refractivity contribution in [2.45, 2.75) is 19.9 Å². The van der Waals surface area contributed by atoms with Crippen LogP contribution in [-0.2, 0) is 6.54 Å². The topological polar surface area (TPSA) is 48.5 Å². The highest BCUT2D eigenvalue weighted by Gasteiger charge is 2.25.